The van der Waals surface area contributed by atoms with Crippen molar-refractivity contribution in [3.05, 3.63) is 12.7 Å². The number of fused-ring (bicyclic) bond motifs is 3. The Bertz CT molecular complexity index is 1140. The average molecular weight is 477 g/mol. The molecule has 5 rings (SSSR count). The Hall–Kier alpha value is -2.91. The van der Waals surface area contributed by atoms with E-state index in [-0.39, 0.29) is 12.4 Å². The molecule has 3 saturated heterocycles. The van der Waals surface area contributed by atoms with E-state index in [1.807, 2.05) is 0 Å². The van der Waals surface area contributed by atoms with Gasteiger partial charge in [0, 0.05) is 26.6 Å². The van der Waals surface area contributed by atoms with E-state index in [1.54, 1.807) is 20.9 Å². The van der Waals surface area contributed by atoms with Crippen molar-refractivity contribution in [2.75, 3.05) is 25.9 Å². The molecule has 14 heteroatoms. The van der Waals surface area contributed by atoms with Gasteiger partial charge in [-0.05, 0) is 13.8 Å². The van der Waals surface area contributed by atoms with Crippen molar-refractivity contribution in [1.82, 2.24) is 29.7 Å². The highest BCUT2D eigenvalue weighted by atomic mass is 16.6. The van der Waals surface area contributed by atoms with E-state index in [4.69, 9.17) is 19.9 Å². The van der Waals surface area contributed by atoms with E-state index in [2.05, 4.69) is 20.3 Å². The minimum atomic E-state index is -1.82. The van der Waals surface area contributed by atoms with Gasteiger partial charge in [0.25, 0.3) is 17.4 Å². The molecule has 0 spiro atoms. The minimum Gasteiger partial charge on any atom is -0.387 e. The van der Waals surface area contributed by atoms with Crippen LogP contribution < -0.4 is 11.1 Å². The maximum Gasteiger partial charge on any atom is 0.269 e. The van der Waals surface area contributed by atoms with Gasteiger partial charge in [-0.25, -0.2) is 15.0 Å². The summed E-state index contributed by atoms with van der Waals surface area (Å²) in [6.07, 6.45) is -2.46. The van der Waals surface area contributed by atoms with E-state index >= 15 is 0 Å². The number of likely N-dealkylation sites (tertiary alicyclic amines) is 1. The first-order valence-corrected chi connectivity index (χ1v) is 11.0. The molecular weight excluding hydrogens is 450 g/mol. The molecule has 3 fully saturated rings. The number of aromatic nitrogens is 4. The predicted octanol–water partition coefficient (Wildman–Crippen LogP) is -2.10. The van der Waals surface area contributed by atoms with Gasteiger partial charge in [0.05, 0.1) is 6.33 Å². The molecule has 2 bridgehead atoms. The molecule has 0 saturated carbocycles. The number of rotatable bonds is 6. The molecule has 2 aromatic heterocycles. The third-order valence-electron chi connectivity index (χ3n) is 6.90. The second-order valence-corrected chi connectivity index (χ2v) is 8.86. The molecule has 3 aliphatic rings. The van der Waals surface area contributed by atoms with Crippen LogP contribution in [0.3, 0.4) is 0 Å². The van der Waals surface area contributed by atoms with Gasteiger partial charge in [-0.1, -0.05) is 0 Å². The summed E-state index contributed by atoms with van der Waals surface area (Å²) in [5.74, 6) is -1.02. The number of likely N-dealkylation sites (N-methyl/N-ethyl adjacent to an activating group) is 1. The highest BCUT2D eigenvalue weighted by Gasteiger charge is 2.72. The number of nitrogens with one attached hydrogen (secondary N) is 1. The molecule has 0 aromatic carbocycles. The fraction of sp³-hybridized carbons (Fsp3) is 0.650. The zero-order valence-corrected chi connectivity index (χ0v) is 18.9. The number of carbonyl (C=O) groups is 2. The molecule has 3 aliphatic heterocycles. The number of hydrogen-bond donors (Lipinski definition) is 4. The second-order valence-electron chi connectivity index (χ2n) is 8.86. The number of ether oxygens (including phenoxy) is 3. The number of nitrogens with two attached hydrogens (primary N) is 1. The number of carbonyl (C=O) groups excluding carboxylic acids is 2. The summed E-state index contributed by atoms with van der Waals surface area (Å²) in [6.45, 7) is 3.63. The van der Waals surface area contributed by atoms with Crippen molar-refractivity contribution in [2.45, 2.75) is 62.2 Å². The van der Waals surface area contributed by atoms with Gasteiger partial charge in [-0.3, -0.25) is 14.2 Å². The monoisotopic (exact) mass is 477 g/mol. The van der Waals surface area contributed by atoms with Crippen LogP contribution in [0.5, 0.6) is 0 Å². The van der Waals surface area contributed by atoms with Crippen molar-refractivity contribution < 1.29 is 34.0 Å². The molecule has 14 nitrogen and oxygen atoms in total. The standard InChI is InChI=1S/C20H27N7O7/c1-4-32-10-5-19(2)26(3)18(31)20(10,34-19)17(30)22-6-9-12(28)13(29)16(33-9)27-8-25-11-14(21)23-7-24-15(11)27/h7-10,12-13,16,28-29H,4-6H2,1-3H3,(H,22,30)(H2,21,23,24)/t9-,10+,12-,13-,16-,19+,20+/m1/s1. The van der Waals surface area contributed by atoms with E-state index in [0.717, 1.165) is 0 Å². The van der Waals surface area contributed by atoms with Gasteiger partial charge in [0.2, 0.25) is 0 Å². The Labute approximate surface area is 194 Å². The van der Waals surface area contributed by atoms with Gasteiger partial charge >= 0.3 is 0 Å². The number of amides is 2. The first kappa shape index (κ1) is 22.9. The van der Waals surface area contributed by atoms with Gasteiger partial charge in [-0.2, -0.15) is 0 Å². The van der Waals surface area contributed by atoms with Crippen molar-refractivity contribution >= 4 is 28.8 Å². The number of nitrogen functional groups attached to an aromatic ring is 1. The summed E-state index contributed by atoms with van der Waals surface area (Å²) in [5, 5.41) is 23.8. The molecule has 0 unspecified atom stereocenters. The Morgan fingerprint density at radius 2 is 2.12 bits per heavy atom. The number of hydrogen-bond acceptors (Lipinski definition) is 11. The smallest absolute Gasteiger partial charge is 0.269 e. The first-order chi connectivity index (χ1) is 16.1. The maximum atomic E-state index is 13.3. The second kappa shape index (κ2) is 7.81. The minimum absolute atomic E-state index is 0.165. The lowest BCUT2D eigenvalue weighted by molar-refractivity contribution is -0.162. The zero-order valence-electron chi connectivity index (χ0n) is 18.9. The first-order valence-electron chi connectivity index (χ1n) is 11.0. The van der Waals surface area contributed by atoms with E-state index in [0.29, 0.717) is 24.2 Å². The lowest BCUT2D eigenvalue weighted by atomic mass is 9.88. The fourth-order valence-electron chi connectivity index (χ4n) is 4.97. The third kappa shape index (κ3) is 3.03. The number of piperidine rings is 1. The molecule has 5 heterocycles. The molecule has 2 amide bonds. The summed E-state index contributed by atoms with van der Waals surface area (Å²) in [4.78, 5) is 39.8. The average Bonchev–Trinajstić information content (AvgIpc) is 3.50. The van der Waals surface area contributed by atoms with Crippen LogP contribution in [0.1, 0.15) is 26.5 Å². The highest BCUT2D eigenvalue weighted by Crippen LogP contribution is 2.49. The van der Waals surface area contributed by atoms with Crippen molar-refractivity contribution in [2.24, 2.45) is 0 Å². The largest absolute Gasteiger partial charge is 0.387 e. The number of aliphatic hydroxyl groups excluding tert-OH is 2. The summed E-state index contributed by atoms with van der Waals surface area (Å²) >= 11 is 0. The summed E-state index contributed by atoms with van der Waals surface area (Å²) in [7, 11) is 1.58. The lowest BCUT2D eigenvalue weighted by Gasteiger charge is -2.34. The molecule has 7 atom stereocenters. The van der Waals surface area contributed by atoms with Gasteiger partial charge in [-0.15, -0.1) is 0 Å². The quantitative estimate of drug-likeness (QED) is 0.334. The lowest BCUT2D eigenvalue weighted by Crippen LogP contribution is -2.62. The summed E-state index contributed by atoms with van der Waals surface area (Å²) in [5.41, 5.74) is 3.69. The number of anilines is 1. The molecule has 5 N–H and O–H groups in total. The Balaban J connectivity index is 1.33. The van der Waals surface area contributed by atoms with Crippen LogP contribution in [0.4, 0.5) is 5.82 Å². The third-order valence-corrected chi connectivity index (χ3v) is 6.90. The zero-order chi connectivity index (χ0) is 24.4. The van der Waals surface area contributed by atoms with E-state index < -0.39 is 53.8 Å². The summed E-state index contributed by atoms with van der Waals surface area (Å²) < 4.78 is 18.9. The molecular formula is C20H27N7O7. The maximum absolute atomic E-state index is 13.3. The molecule has 34 heavy (non-hydrogen) atoms. The van der Waals surface area contributed by atoms with Crippen LogP contribution in [0.25, 0.3) is 11.2 Å². The Kier molecular flexibility index (Phi) is 5.25. The molecule has 184 valence electrons. The number of aliphatic hydroxyl groups is 2. The van der Waals surface area contributed by atoms with Gasteiger partial charge in [0.15, 0.2) is 17.7 Å². The topological polar surface area (TPSA) is 187 Å². The normalized spacial score (nSPS) is 37.1. The van der Waals surface area contributed by atoms with Crippen LogP contribution in [0, 0.1) is 0 Å². The highest BCUT2D eigenvalue weighted by molar-refractivity contribution is 6.11. The van der Waals surface area contributed by atoms with Crippen molar-refractivity contribution in [3.8, 4) is 0 Å². The Morgan fingerprint density at radius 3 is 2.82 bits per heavy atom. The molecule has 0 radical (unpaired) electrons. The van der Waals surface area contributed by atoms with Crippen molar-refractivity contribution in [1.29, 1.82) is 0 Å². The Morgan fingerprint density at radius 1 is 1.35 bits per heavy atom. The molecule has 0 aliphatic carbocycles. The van der Waals surface area contributed by atoms with Gasteiger partial charge in [0.1, 0.15) is 42.0 Å². The summed E-state index contributed by atoms with van der Waals surface area (Å²) in [6, 6.07) is 0. The number of imidazole rings is 1. The van der Waals surface area contributed by atoms with Crippen LogP contribution in [-0.4, -0.2) is 102 Å². The van der Waals surface area contributed by atoms with Crippen LogP contribution in [0.15, 0.2) is 12.7 Å². The van der Waals surface area contributed by atoms with Crippen molar-refractivity contribution in [3.63, 3.8) is 0 Å². The predicted molar refractivity (Wildman–Crippen MR) is 114 cm³/mol. The van der Waals surface area contributed by atoms with E-state index in [9.17, 15) is 19.8 Å². The van der Waals surface area contributed by atoms with Crippen LogP contribution in [0.2, 0.25) is 0 Å². The van der Waals surface area contributed by atoms with E-state index in [1.165, 1.54) is 22.1 Å². The molecule has 2 aromatic rings. The SMILES string of the molecule is CCO[C@H]1C[C@]2(C)O[C@@]1(C(=O)NC[C@H]1O[C@@H](n3cnc4c(N)ncnc43)[C@H](O)[C@@H]1O)C(=O)N2C. The fourth-order valence-corrected chi connectivity index (χ4v) is 4.97. The van der Waals surface area contributed by atoms with Crippen LogP contribution in [-0.2, 0) is 23.8 Å². The number of nitrogens with zero attached hydrogens (tertiary/aromatic N) is 5. The van der Waals surface area contributed by atoms with Crippen LogP contribution >= 0.6 is 0 Å². The van der Waals surface area contributed by atoms with Gasteiger partial charge < -0.3 is 40.4 Å².